The minimum absolute atomic E-state index is 0. The van der Waals surface area contributed by atoms with E-state index in [1.54, 1.807) is 11.8 Å². The van der Waals surface area contributed by atoms with Gasteiger partial charge >= 0.3 is 0 Å². The van der Waals surface area contributed by atoms with Crippen LogP contribution in [0, 0.1) is 5.92 Å². The maximum absolute atomic E-state index is 11.5. The van der Waals surface area contributed by atoms with Crippen molar-refractivity contribution in [1.29, 1.82) is 0 Å². The van der Waals surface area contributed by atoms with Crippen LogP contribution in [0.15, 0.2) is 0 Å². The molecule has 96 valence electrons. The zero-order valence-electron chi connectivity index (χ0n) is 10.4. The summed E-state index contributed by atoms with van der Waals surface area (Å²) in [7, 11) is 1.86. The van der Waals surface area contributed by atoms with Crippen molar-refractivity contribution in [2.24, 2.45) is 11.7 Å². The van der Waals surface area contributed by atoms with Crippen LogP contribution in [-0.2, 0) is 4.79 Å². The predicted molar refractivity (Wildman–Crippen MR) is 69.7 cm³/mol. The second kappa shape index (κ2) is 7.91. The molecule has 2 N–H and O–H groups in total. The summed E-state index contributed by atoms with van der Waals surface area (Å²) in [5.41, 5.74) is 5.55. The molecule has 1 rings (SSSR count). The fourth-order valence-electron chi connectivity index (χ4n) is 2.31. The standard InChI is InChI=1S/C12H24N2O.ClH/c1-10(13)12(15)14(2)9-8-11-6-4-3-5-7-11;/h10-11H,3-9,13H2,1-2H3;1H/t10-;/m0./s1. The Balaban J connectivity index is 0.00000225. The van der Waals surface area contributed by atoms with Gasteiger partial charge in [0.1, 0.15) is 0 Å². The van der Waals surface area contributed by atoms with Crippen molar-refractivity contribution in [3.63, 3.8) is 0 Å². The number of hydrogen-bond donors (Lipinski definition) is 1. The Bertz CT molecular complexity index is 203. The molecule has 0 aromatic heterocycles. The Labute approximate surface area is 105 Å². The zero-order valence-corrected chi connectivity index (χ0v) is 11.3. The molecule has 0 saturated heterocycles. The highest BCUT2D eigenvalue weighted by molar-refractivity contribution is 5.85. The van der Waals surface area contributed by atoms with Crippen LogP contribution in [0.5, 0.6) is 0 Å². The molecule has 4 heteroatoms. The maximum atomic E-state index is 11.5. The summed E-state index contributed by atoms with van der Waals surface area (Å²) in [4.78, 5) is 13.3. The van der Waals surface area contributed by atoms with Gasteiger partial charge in [0.25, 0.3) is 0 Å². The Morgan fingerprint density at radius 2 is 1.94 bits per heavy atom. The van der Waals surface area contributed by atoms with Crippen molar-refractivity contribution in [3.8, 4) is 0 Å². The Kier molecular flexibility index (Phi) is 7.77. The van der Waals surface area contributed by atoms with Crippen molar-refractivity contribution in [2.45, 2.75) is 51.5 Å². The monoisotopic (exact) mass is 248 g/mol. The van der Waals surface area contributed by atoms with E-state index in [-0.39, 0.29) is 24.4 Å². The minimum atomic E-state index is -0.360. The van der Waals surface area contributed by atoms with Crippen LogP contribution in [0.4, 0.5) is 0 Å². The first-order valence-corrected chi connectivity index (χ1v) is 6.12. The molecule has 0 aromatic carbocycles. The molecule has 1 atom stereocenters. The zero-order chi connectivity index (χ0) is 11.3. The number of nitrogens with two attached hydrogens (primary N) is 1. The summed E-state index contributed by atoms with van der Waals surface area (Å²) < 4.78 is 0. The highest BCUT2D eigenvalue weighted by Crippen LogP contribution is 2.26. The second-order valence-electron chi connectivity index (χ2n) is 4.84. The number of halogens is 1. The number of nitrogens with zero attached hydrogens (tertiary/aromatic N) is 1. The molecule has 0 aromatic rings. The lowest BCUT2D eigenvalue weighted by atomic mass is 9.87. The number of amides is 1. The highest BCUT2D eigenvalue weighted by atomic mass is 35.5. The van der Waals surface area contributed by atoms with Gasteiger partial charge in [0, 0.05) is 13.6 Å². The largest absolute Gasteiger partial charge is 0.344 e. The number of rotatable bonds is 4. The third-order valence-corrected chi connectivity index (χ3v) is 3.36. The summed E-state index contributed by atoms with van der Waals surface area (Å²) in [5.74, 6) is 0.896. The number of carbonyl (C=O) groups excluding carboxylic acids is 1. The summed E-state index contributed by atoms with van der Waals surface area (Å²) in [6.07, 6.45) is 7.98. The van der Waals surface area contributed by atoms with E-state index in [4.69, 9.17) is 5.73 Å². The number of hydrogen-bond acceptors (Lipinski definition) is 2. The van der Waals surface area contributed by atoms with Crippen LogP contribution in [-0.4, -0.2) is 30.4 Å². The average Bonchev–Trinajstić information content (AvgIpc) is 2.26. The molecule has 0 aliphatic heterocycles. The summed E-state index contributed by atoms with van der Waals surface area (Å²) >= 11 is 0. The first-order valence-electron chi connectivity index (χ1n) is 6.12. The van der Waals surface area contributed by atoms with Crippen molar-refractivity contribution in [2.75, 3.05) is 13.6 Å². The van der Waals surface area contributed by atoms with Gasteiger partial charge in [0.2, 0.25) is 5.91 Å². The van der Waals surface area contributed by atoms with E-state index in [0.717, 1.165) is 18.9 Å². The third-order valence-electron chi connectivity index (χ3n) is 3.36. The lowest BCUT2D eigenvalue weighted by Crippen LogP contribution is -2.40. The lowest BCUT2D eigenvalue weighted by Gasteiger charge is -2.25. The smallest absolute Gasteiger partial charge is 0.238 e. The second-order valence-corrected chi connectivity index (χ2v) is 4.84. The van der Waals surface area contributed by atoms with Gasteiger partial charge in [-0.25, -0.2) is 0 Å². The van der Waals surface area contributed by atoms with Crippen LogP contribution >= 0.6 is 12.4 Å². The first kappa shape index (κ1) is 15.7. The van der Waals surface area contributed by atoms with Crippen LogP contribution < -0.4 is 5.73 Å². The SMILES string of the molecule is C[C@H](N)C(=O)N(C)CCC1CCCCC1.Cl. The van der Waals surface area contributed by atoms with Gasteiger partial charge < -0.3 is 10.6 Å². The van der Waals surface area contributed by atoms with E-state index in [9.17, 15) is 4.79 Å². The van der Waals surface area contributed by atoms with Gasteiger partial charge in [-0.15, -0.1) is 12.4 Å². The molecule has 1 aliphatic carbocycles. The molecule has 3 nitrogen and oxygen atoms in total. The Morgan fingerprint density at radius 3 is 2.44 bits per heavy atom. The fourth-order valence-corrected chi connectivity index (χ4v) is 2.31. The van der Waals surface area contributed by atoms with E-state index < -0.39 is 0 Å². The van der Waals surface area contributed by atoms with Gasteiger partial charge in [0.15, 0.2) is 0 Å². The van der Waals surface area contributed by atoms with E-state index >= 15 is 0 Å². The van der Waals surface area contributed by atoms with Crippen LogP contribution in [0.25, 0.3) is 0 Å². The topological polar surface area (TPSA) is 46.3 Å². The summed E-state index contributed by atoms with van der Waals surface area (Å²) in [5, 5.41) is 0. The van der Waals surface area contributed by atoms with E-state index in [2.05, 4.69) is 0 Å². The molecule has 0 heterocycles. The van der Waals surface area contributed by atoms with Crippen LogP contribution in [0.3, 0.4) is 0 Å². The molecule has 0 spiro atoms. The van der Waals surface area contributed by atoms with E-state index in [1.165, 1.54) is 32.1 Å². The molecule has 1 saturated carbocycles. The summed E-state index contributed by atoms with van der Waals surface area (Å²) in [6.45, 7) is 2.62. The Morgan fingerprint density at radius 1 is 1.38 bits per heavy atom. The van der Waals surface area contributed by atoms with Crippen molar-refractivity contribution in [1.82, 2.24) is 4.90 Å². The summed E-state index contributed by atoms with van der Waals surface area (Å²) in [6, 6.07) is -0.360. The highest BCUT2D eigenvalue weighted by Gasteiger charge is 2.17. The molecular weight excluding hydrogens is 224 g/mol. The minimum Gasteiger partial charge on any atom is -0.344 e. The quantitative estimate of drug-likeness (QED) is 0.829. The van der Waals surface area contributed by atoms with Crippen molar-refractivity contribution >= 4 is 18.3 Å². The van der Waals surface area contributed by atoms with Gasteiger partial charge in [-0.2, -0.15) is 0 Å². The normalized spacial score (nSPS) is 18.7. The molecular formula is C12H25ClN2O. The van der Waals surface area contributed by atoms with Gasteiger partial charge in [-0.1, -0.05) is 32.1 Å². The lowest BCUT2D eigenvalue weighted by molar-refractivity contribution is -0.131. The van der Waals surface area contributed by atoms with E-state index in [1.807, 2.05) is 7.05 Å². The van der Waals surface area contributed by atoms with Gasteiger partial charge in [-0.3, -0.25) is 4.79 Å². The number of carbonyl (C=O) groups is 1. The van der Waals surface area contributed by atoms with Crippen LogP contribution in [0.2, 0.25) is 0 Å². The van der Waals surface area contributed by atoms with Crippen molar-refractivity contribution in [3.05, 3.63) is 0 Å². The Hall–Kier alpha value is -0.280. The van der Waals surface area contributed by atoms with Gasteiger partial charge in [0.05, 0.1) is 6.04 Å². The molecule has 0 unspecified atom stereocenters. The molecule has 1 fully saturated rings. The molecule has 0 bridgehead atoms. The molecule has 16 heavy (non-hydrogen) atoms. The van der Waals surface area contributed by atoms with Gasteiger partial charge in [-0.05, 0) is 19.3 Å². The third kappa shape index (κ3) is 5.17. The molecule has 1 amide bonds. The fraction of sp³-hybridized carbons (Fsp3) is 0.917. The van der Waals surface area contributed by atoms with E-state index in [0.29, 0.717) is 0 Å². The molecule has 1 aliphatic rings. The van der Waals surface area contributed by atoms with Crippen LogP contribution in [0.1, 0.15) is 45.4 Å². The average molecular weight is 249 g/mol. The number of likely N-dealkylation sites (N-methyl/N-ethyl adjacent to an activating group) is 1. The van der Waals surface area contributed by atoms with Crippen molar-refractivity contribution < 1.29 is 4.79 Å². The predicted octanol–water partition coefficient (Wildman–Crippen LogP) is 2.18. The molecule has 0 radical (unpaired) electrons. The maximum Gasteiger partial charge on any atom is 0.238 e. The first-order chi connectivity index (χ1) is 7.11.